The summed E-state index contributed by atoms with van der Waals surface area (Å²) in [5.41, 5.74) is 0.620. The molecule has 0 heterocycles. The van der Waals surface area contributed by atoms with Crippen molar-refractivity contribution < 1.29 is 9.18 Å². The summed E-state index contributed by atoms with van der Waals surface area (Å²) in [6.45, 7) is 0.409. The first-order valence-corrected chi connectivity index (χ1v) is 7.43. The van der Waals surface area contributed by atoms with Crippen LogP contribution in [0.5, 0.6) is 0 Å². The van der Waals surface area contributed by atoms with Crippen LogP contribution in [0.1, 0.15) is 37.7 Å². The number of carbonyl (C=O) groups excluding carboxylic acids is 1. The molecule has 2 aliphatic carbocycles. The summed E-state index contributed by atoms with van der Waals surface area (Å²) < 4.78 is 13.8. The summed E-state index contributed by atoms with van der Waals surface area (Å²) in [6.07, 6.45) is 9.13. The highest BCUT2D eigenvalue weighted by atomic mass is 19.1. The molecule has 1 amide bonds. The van der Waals surface area contributed by atoms with Crippen LogP contribution in [0.15, 0.2) is 36.4 Å². The van der Waals surface area contributed by atoms with Gasteiger partial charge in [0.2, 0.25) is 5.91 Å². The first kappa shape index (κ1) is 13.3. The van der Waals surface area contributed by atoms with Gasteiger partial charge in [0.1, 0.15) is 5.82 Å². The van der Waals surface area contributed by atoms with E-state index in [-0.39, 0.29) is 11.7 Å². The van der Waals surface area contributed by atoms with Crippen LogP contribution in [0.3, 0.4) is 0 Å². The molecule has 1 fully saturated rings. The van der Waals surface area contributed by atoms with Crippen molar-refractivity contribution in [3.05, 3.63) is 47.8 Å². The maximum absolute atomic E-state index is 13.8. The van der Waals surface area contributed by atoms with Crippen LogP contribution in [-0.2, 0) is 11.3 Å². The van der Waals surface area contributed by atoms with Gasteiger partial charge in [0, 0.05) is 24.6 Å². The van der Waals surface area contributed by atoms with Gasteiger partial charge in [0.15, 0.2) is 0 Å². The number of rotatable bonds is 5. The molecule has 1 unspecified atom stereocenters. The van der Waals surface area contributed by atoms with E-state index in [0.717, 1.165) is 25.7 Å². The largest absolute Gasteiger partial charge is 0.335 e. The fourth-order valence-electron chi connectivity index (χ4n) is 2.82. The predicted molar refractivity (Wildman–Crippen MR) is 76.5 cm³/mol. The molecule has 3 rings (SSSR count). The number of carbonyl (C=O) groups is 1. The minimum Gasteiger partial charge on any atom is -0.335 e. The highest BCUT2D eigenvalue weighted by Gasteiger charge is 2.33. The monoisotopic (exact) mass is 273 g/mol. The molecule has 20 heavy (non-hydrogen) atoms. The summed E-state index contributed by atoms with van der Waals surface area (Å²) in [5, 5.41) is 0. The number of hydrogen-bond acceptors (Lipinski definition) is 1. The van der Waals surface area contributed by atoms with Gasteiger partial charge in [-0.3, -0.25) is 4.79 Å². The molecule has 1 aromatic carbocycles. The normalized spacial score (nSPS) is 21.1. The van der Waals surface area contributed by atoms with Gasteiger partial charge in [-0.25, -0.2) is 4.39 Å². The number of nitrogens with zero attached hydrogens (tertiary/aromatic N) is 1. The van der Waals surface area contributed by atoms with Crippen molar-refractivity contribution in [3.63, 3.8) is 0 Å². The van der Waals surface area contributed by atoms with E-state index in [4.69, 9.17) is 0 Å². The van der Waals surface area contributed by atoms with E-state index >= 15 is 0 Å². The molecule has 0 saturated heterocycles. The molecule has 0 radical (unpaired) electrons. The summed E-state index contributed by atoms with van der Waals surface area (Å²) >= 11 is 0. The Kier molecular flexibility index (Phi) is 3.86. The van der Waals surface area contributed by atoms with Gasteiger partial charge in [-0.05, 0) is 37.7 Å². The maximum atomic E-state index is 13.8. The van der Waals surface area contributed by atoms with Crippen LogP contribution in [-0.4, -0.2) is 16.8 Å². The molecule has 0 spiro atoms. The van der Waals surface area contributed by atoms with Crippen molar-refractivity contribution >= 4 is 5.91 Å². The van der Waals surface area contributed by atoms with Crippen LogP contribution in [0.25, 0.3) is 0 Å². The molecule has 0 bridgehead atoms. The van der Waals surface area contributed by atoms with Gasteiger partial charge in [0.25, 0.3) is 0 Å². The van der Waals surface area contributed by atoms with Gasteiger partial charge < -0.3 is 4.90 Å². The number of allylic oxidation sites excluding steroid dienone is 2. The zero-order valence-corrected chi connectivity index (χ0v) is 11.6. The standard InChI is InChI=1S/C17H20FNO/c18-16-8-4-3-7-14(16)12-19(15-9-10-15)17(20)11-13-5-1-2-6-13/h1,3-5,7-8,13,15H,2,6,9-12H2. The Bertz CT molecular complexity index is 521. The zero-order chi connectivity index (χ0) is 13.9. The number of benzene rings is 1. The second-order valence-electron chi connectivity index (χ2n) is 5.81. The molecule has 0 aliphatic heterocycles. The smallest absolute Gasteiger partial charge is 0.223 e. The lowest BCUT2D eigenvalue weighted by Crippen LogP contribution is -2.33. The Morgan fingerprint density at radius 3 is 2.70 bits per heavy atom. The molecular formula is C17H20FNO. The fourth-order valence-corrected chi connectivity index (χ4v) is 2.82. The van der Waals surface area contributed by atoms with E-state index in [0.29, 0.717) is 30.5 Å². The van der Waals surface area contributed by atoms with Crippen molar-refractivity contribution in [2.45, 2.75) is 44.7 Å². The molecule has 3 heteroatoms. The molecule has 0 aromatic heterocycles. The van der Waals surface area contributed by atoms with Crippen molar-refractivity contribution in [1.29, 1.82) is 0 Å². The van der Waals surface area contributed by atoms with E-state index in [1.165, 1.54) is 6.07 Å². The maximum Gasteiger partial charge on any atom is 0.223 e. The fraction of sp³-hybridized carbons (Fsp3) is 0.471. The van der Waals surface area contributed by atoms with Crippen molar-refractivity contribution in [2.75, 3.05) is 0 Å². The summed E-state index contributed by atoms with van der Waals surface area (Å²) in [5.74, 6) is 0.336. The minimum atomic E-state index is -0.216. The first-order chi connectivity index (χ1) is 9.74. The van der Waals surface area contributed by atoms with Gasteiger partial charge in [-0.1, -0.05) is 30.4 Å². The second-order valence-corrected chi connectivity index (χ2v) is 5.81. The zero-order valence-electron chi connectivity index (χ0n) is 11.6. The molecule has 2 aliphatic rings. The Morgan fingerprint density at radius 2 is 2.05 bits per heavy atom. The number of hydrogen-bond donors (Lipinski definition) is 0. The molecule has 2 nitrogen and oxygen atoms in total. The van der Waals surface area contributed by atoms with E-state index in [1.807, 2.05) is 11.0 Å². The van der Waals surface area contributed by atoms with Crippen LogP contribution >= 0.6 is 0 Å². The predicted octanol–water partition coefficient (Wildman–Crippen LogP) is 3.67. The highest BCUT2D eigenvalue weighted by Crippen LogP contribution is 2.31. The lowest BCUT2D eigenvalue weighted by Gasteiger charge is -2.24. The van der Waals surface area contributed by atoms with Gasteiger partial charge in [0.05, 0.1) is 0 Å². The van der Waals surface area contributed by atoms with Crippen LogP contribution in [0.2, 0.25) is 0 Å². The second kappa shape index (κ2) is 5.78. The first-order valence-electron chi connectivity index (χ1n) is 7.43. The Balaban J connectivity index is 1.67. The topological polar surface area (TPSA) is 20.3 Å². The van der Waals surface area contributed by atoms with E-state index in [1.54, 1.807) is 12.1 Å². The van der Waals surface area contributed by atoms with Crippen LogP contribution in [0.4, 0.5) is 4.39 Å². The molecule has 1 saturated carbocycles. The van der Waals surface area contributed by atoms with Crippen LogP contribution in [0, 0.1) is 11.7 Å². The highest BCUT2D eigenvalue weighted by molar-refractivity contribution is 5.77. The third-order valence-corrected chi connectivity index (χ3v) is 4.16. The van der Waals surface area contributed by atoms with Crippen molar-refractivity contribution in [3.8, 4) is 0 Å². The van der Waals surface area contributed by atoms with E-state index < -0.39 is 0 Å². The molecule has 106 valence electrons. The number of amides is 1. The molecular weight excluding hydrogens is 253 g/mol. The average molecular weight is 273 g/mol. The van der Waals surface area contributed by atoms with E-state index in [2.05, 4.69) is 12.2 Å². The minimum absolute atomic E-state index is 0.173. The molecule has 1 aromatic rings. The Hall–Kier alpha value is -1.64. The van der Waals surface area contributed by atoms with Crippen molar-refractivity contribution in [1.82, 2.24) is 4.90 Å². The van der Waals surface area contributed by atoms with Gasteiger partial charge in [-0.15, -0.1) is 0 Å². The van der Waals surface area contributed by atoms with E-state index in [9.17, 15) is 9.18 Å². The number of halogens is 1. The SMILES string of the molecule is O=C(CC1C=CCC1)N(Cc1ccccc1F)C1CC1. The Labute approximate surface area is 119 Å². The summed E-state index contributed by atoms with van der Waals surface area (Å²) in [4.78, 5) is 14.3. The van der Waals surface area contributed by atoms with Crippen molar-refractivity contribution in [2.24, 2.45) is 5.92 Å². The third kappa shape index (κ3) is 3.09. The lowest BCUT2D eigenvalue weighted by molar-refractivity contribution is -0.133. The lowest BCUT2D eigenvalue weighted by atomic mass is 10.0. The Morgan fingerprint density at radius 1 is 1.25 bits per heavy atom. The summed E-state index contributed by atoms with van der Waals surface area (Å²) in [6, 6.07) is 7.07. The quantitative estimate of drug-likeness (QED) is 0.749. The summed E-state index contributed by atoms with van der Waals surface area (Å²) in [7, 11) is 0. The van der Waals surface area contributed by atoms with Gasteiger partial charge >= 0.3 is 0 Å². The van der Waals surface area contributed by atoms with Crippen LogP contribution < -0.4 is 0 Å². The van der Waals surface area contributed by atoms with Gasteiger partial charge in [-0.2, -0.15) is 0 Å². The molecule has 0 N–H and O–H groups in total. The third-order valence-electron chi connectivity index (χ3n) is 4.16. The molecule has 1 atom stereocenters. The average Bonchev–Trinajstić information content (AvgIpc) is 3.15.